The van der Waals surface area contributed by atoms with E-state index in [0.717, 1.165) is 36.4 Å². The van der Waals surface area contributed by atoms with E-state index in [4.69, 9.17) is 9.05 Å². The maximum absolute atomic E-state index is 12.5. The second kappa shape index (κ2) is 5.90. The fourth-order valence-corrected chi connectivity index (χ4v) is 3.02. The van der Waals surface area contributed by atoms with Gasteiger partial charge in [0.1, 0.15) is 5.76 Å². The zero-order valence-corrected chi connectivity index (χ0v) is 13.1. The zero-order valence-electron chi connectivity index (χ0n) is 13.1. The average Bonchev–Trinajstić information content (AvgIpc) is 3.18. The zero-order chi connectivity index (χ0) is 15.7. The molecule has 0 unspecified atom stereocenters. The number of carbonyl (C=O) groups is 1. The van der Waals surface area contributed by atoms with Crippen molar-refractivity contribution in [2.75, 3.05) is 6.54 Å². The van der Waals surface area contributed by atoms with Crippen LogP contribution in [-0.4, -0.2) is 32.6 Å². The number of hydrogen-bond acceptors (Lipinski definition) is 6. The molecule has 3 rings (SSSR count). The van der Waals surface area contributed by atoms with Crippen molar-refractivity contribution >= 4 is 5.91 Å². The lowest BCUT2D eigenvalue weighted by atomic mass is 10.1. The van der Waals surface area contributed by atoms with E-state index >= 15 is 0 Å². The molecular weight excluding hydrogens is 284 g/mol. The van der Waals surface area contributed by atoms with Crippen LogP contribution in [0.4, 0.5) is 0 Å². The van der Waals surface area contributed by atoms with E-state index in [9.17, 15) is 4.79 Å². The molecule has 1 fully saturated rings. The summed E-state index contributed by atoms with van der Waals surface area (Å²) in [6.07, 6.45) is 2.94. The third-order valence-corrected chi connectivity index (χ3v) is 4.18. The summed E-state index contributed by atoms with van der Waals surface area (Å²) in [6.45, 7) is 6.28. The van der Waals surface area contributed by atoms with Gasteiger partial charge in [-0.25, -0.2) is 0 Å². The molecule has 7 heteroatoms. The largest absolute Gasteiger partial charge is 0.361 e. The molecule has 0 saturated carbocycles. The molecule has 0 aliphatic carbocycles. The monoisotopic (exact) mass is 304 g/mol. The van der Waals surface area contributed by atoms with Crippen LogP contribution in [0.1, 0.15) is 54.0 Å². The minimum Gasteiger partial charge on any atom is -0.361 e. The molecule has 7 nitrogen and oxygen atoms in total. The van der Waals surface area contributed by atoms with E-state index in [1.54, 1.807) is 6.92 Å². The van der Waals surface area contributed by atoms with Crippen LogP contribution in [0.3, 0.4) is 0 Å². The van der Waals surface area contributed by atoms with E-state index in [1.807, 2.05) is 18.7 Å². The van der Waals surface area contributed by atoms with Crippen molar-refractivity contribution in [2.24, 2.45) is 0 Å². The maximum atomic E-state index is 12.5. The van der Waals surface area contributed by atoms with E-state index in [0.29, 0.717) is 24.6 Å². The standard InChI is InChI=1S/C15H20N4O3/c1-9-12(10(2)21-17-9)6-7-14(20)19-8-4-5-13(19)15-16-11(3)22-18-15/h13H,4-8H2,1-3H3/t13-/m1/s1. The van der Waals surface area contributed by atoms with Crippen LogP contribution in [0, 0.1) is 20.8 Å². The Morgan fingerprint density at radius 1 is 1.27 bits per heavy atom. The molecule has 0 radical (unpaired) electrons. The molecule has 1 atom stereocenters. The molecule has 0 spiro atoms. The van der Waals surface area contributed by atoms with Crippen LogP contribution < -0.4 is 0 Å². The normalized spacial score (nSPS) is 18.1. The Morgan fingerprint density at radius 3 is 2.73 bits per heavy atom. The van der Waals surface area contributed by atoms with Crippen LogP contribution in [0.15, 0.2) is 9.05 Å². The number of carbonyl (C=O) groups excluding carboxylic acids is 1. The Labute approximate surface area is 128 Å². The summed E-state index contributed by atoms with van der Waals surface area (Å²) in [5.41, 5.74) is 1.89. The lowest BCUT2D eigenvalue weighted by molar-refractivity contribution is -0.132. The second-order valence-electron chi connectivity index (χ2n) is 5.72. The summed E-state index contributed by atoms with van der Waals surface area (Å²) in [5.74, 6) is 2.05. The molecule has 0 N–H and O–H groups in total. The summed E-state index contributed by atoms with van der Waals surface area (Å²) in [6, 6.07) is -0.0605. The SMILES string of the molecule is Cc1nc([C@H]2CCCN2C(=O)CCc2c(C)noc2C)no1. The number of rotatable bonds is 4. The summed E-state index contributed by atoms with van der Waals surface area (Å²) < 4.78 is 10.2. The molecule has 1 aliphatic rings. The first kappa shape index (κ1) is 14.7. The van der Waals surface area contributed by atoms with Gasteiger partial charge >= 0.3 is 0 Å². The average molecular weight is 304 g/mol. The third-order valence-electron chi connectivity index (χ3n) is 4.18. The van der Waals surface area contributed by atoms with E-state index in [1.165, 1.54) is 0 Å². The van der Waals surface area contributed by atoms with Crippen molar-refractivity contribution < 1.29 is 13.8 Å². The van der Waals surface area contributed by atoms with Gasteiger partial charge in [-0.15, -0.1) is 0 Å². The molecule has 1 aliphatic heterocycles. The summed E-state index contributed by atoms with van der Waals surface area (Å²) in [7, 11) is 0. The van der Waals surface area contributed by atoms with Gasteiger partial charge in [0, 0.05) is 25.5 Å². The van der Waals surface area contributed by atoms with Gasteiger partial charge in [0.15, 0.2) is 5.82 Å². The minimum absolute atomic E-state index is 0.0605. The Kier molecular flexibility index (Phi) is 3.96. The van der Waals surface area contributed by atoms with Crippen LogP contribution in [0.25, 0.3) is 0 Å². The van der Waals surface area contributed by atoms with Crippen molar-refractivity contribution in [1.82, 2.24) is 20.2 Å². The lowest BCUT2D eigenvalue weighted by Crippen LogP contribution is -2.31. The van der Waals surface area contributed by atoms with E-state index < -0.39 is 0 Å². The summed E-state index contributed by atoms with van der Waals surface area (Å²) in [4.78, 5) is 18.7. The van der Waals surface area contributed by atoms with Crippen LogP contribution in [0.5, 0.6) is 0 Å². The van der Waals surface area contributed by atoms with E-state index in [-0.39, 0.29) is 11.9 Å². The topological polar surface area (TPSA) is 85.3 Å². The smallest absolute Gasteiger partial charge is 0.223 e. The fourth-order valence-electron chi connectivity index (χ4n) is 3.02. The van der Waals surface area contributed by atoms with Gasteiger partial charge in [-0.1, -0.05) is 10.3 Å². The van der Waals surface area contributed by atoms with Crippen molar-refractivity contribution in [2.45, 2.75) is 52.5 Å². The van der Waals surface area contributed by atoms with E-state index in [2.05, 4.69) is 15.3 Å². The molecule has 0 bridgehead atoms. The maximum Gasteiger partial charge on any atom is 0.223 e. The van der Waals surface area contributed by atoms with Gasteiger partial charge in [0.25, 0.3) is 0 Å². The van der Waals surface area contributed by atoms with Gasteiger partial charge in [-0.05, 0) is 33.1 Å². The molecule has 118 valence electrons. The third kappa shape index (κ3) is 2.75. The predicted octanol–water partition coefficient (Wildman–Crippen LogP) is 2.28. The first-order chi connectivity index (χ1) is 10.6. The highest BCUT2D eigenvalue weighted by Gasteiger charge is 2.33. The van der Waals surface area contributed by atoms with Gasteiger partial charge in [-0.3, -0.25) is 4.79 Å². The van der Waals surface area contributed by atoms with Gasteiger partial charge in [0.2, 0.25) is 11.8 Å². The summed E-state index contributed by atoms with van der Waals surface area (Å²) >= 11 is 0. The summed E-state index contributed by atoms with van der Waals surface area (Å²) in [5, 5.41) is 7.89. The number of aromatic nitrogens is 3. The van der Waals surface area contributed by atoms with Gasteiger partial charge in [0.05, 0.1) is 11.7 Å². The molecule has 3 heterocycles. The number of amides is 1. The molecule has 2 aromatic rings. The van der Waals surface area contributed by atoms with Gasteiger partial charge in [-0.2, -0.15) is 4.98 Å². The van der Waals surface area contributed by atoms with Gasteiger partial charge < -0.3 is 13.9 Å². The Hall–Kier alpha value is -2.18. The van der Waals surface area contributed by atoms with Crippen molar-refractivity contribution in [3.05, 3.63) is 28.7 Å². The second-order valence-corrected chi connectivity index (χ2v) is 5.72. The van der Waals surface area contributed by atoms with Crippen LogP contribution in [-0.2, 0) is 11.2 Å². The predicted molar refractivity (Wildman–Crippen MR) is 77.0 cm³/mol. The molecule has 1 amide bonds. The minimum atomic E-state index is -0.0605. The molecule has 22 heavy (non-hydrogen) atoms. The highest BCUT2D eigenvalue weighted by molar-refractivity contribution is 5.77. The molecule has 0 aromatic carbocycles. The first-order valence-corrected chi connectivity index (χ1v) is 7.57. The highest BCUT2D eigenvalue weighted by Crippen LogP contribution is 2.31. The Bertz CT molecular complexity index is 657. The fraction of sp³-hybridized carbons (Fsp3) is 0.600. The molecular formula is C15H20N4O3. The highest BCUT2D eigenvalue weighted by atomic mass is 16.5. The Balaban J connectivity index is 1.66. The number of nitrogens with zero attached hydrogens (tertiary/aromatic N) is 4. The molecule has 2 aromatic heterocycles. The van der Waals surface area contributed by atoms with Crippen LogP contribution in [0.2, 0.25) is 0 Å². The van der Waals surface area contributed by atoms with Crippen LogP contribution >= 0.6 is 0 Å². The van der Waals surface area contributed by atoms with Crippen molar-refractivity contribution in [3.8, 4) is 0 Å². The Morgan fingerprint density at radius 2 is 2.09 bits per heavy atom. The number of hydrogen-bond donors (Lipinski definition) is 0. The lowest BCUT2D eigenvalue weighted by Gasteiger charge is -2.22. The first-order valence-electron chi connectivity index (χ1n) is 7.57. The number of likely N-dealkylation sites (tertiary alicyclic amines) is 1. The van der Waals surface area contributed by atoms with Crippen molar-refractivity contribution in [3.63, 3.8) is 0 Å². The van der Waals surface area contributed by atoms with Crippen molar-refractivity contribution in [1.29, 1.82) is 0 Å². The number of aryl methyl sites for hydroxylation is 3. The quantitative estimate of drug-likeness (QED) is 0.861. The molecule has 1 saturated heterocycles.